The van der Waals surface area contributed by atoms with E-state index in [-0.39, 0.29) is 17.5 Å². The summed E-state index contributed by atoms with van der Waals surface area (Å²) in [7, 11) is 0. The van der Waals surface area contributed by atoms with Gasteiger partial charge in [-0.25, -0.2) is 0 Å². The van der Waals surface area contributed by atoms with Gasteiger partial charge < -0.3 is 10.2 Å². The molecule has 4 nitrogen and oxygen atoms in total. The Bertz CT molecular complexity index is 617. The zero-order chi connectivity index (χ0) is 19.9. The molecule has 1 unspecified atom stereocenters. The van der Waals surface area contributed by atoms with E-state index in [0.717, 1.165) is 17.7 Å². The topological polar surface area (TPSA) is 44.7 Å². The maximum Gasteiger partial charge on any atom is 0.419 e. The molecule has 9 heteroatoms. The summed E-state index contributed by atoms with van der Waals surface area (Å²) in [6.45, 7) is 3.61. The third-order valence-corrected chi connectivity index (χ3v) is 6.35. The van der Waals surface area contributed by atoms with Crippen LogP contribution in [0.1, 0.15) is 26.2 Å². The summed E-state index contributed by atoms with van der Waals surface area (Å²) in [6, 6.07) is 0. The Hall–Kier alpha value is -1.09. The normalized spacial score (nSPS) is 26.1. The van der Waals surface area contributed by atoms with Crippen molar-refractivity contribution in [3.63, 3.8) is 0 Å². The Balaban J connectivity index is 1.99. The number of carbonyl (C=O) groups is 1. The molecule has 1 N–H and O–H groups in total. The van der Waals surface area contributed by atoms with Crippen LogP contribution < -0.4 is 5.32 Å². The van der Waals surface area contributed by atoms with Gasteiger partial charge in [0.05, 0.1) is 10.6 Å². The molecule has 1 amide bonds. The molecule has 0 bridgehead atoms. The average molecular weight is 422 g/mol. The zero-order valence-corrected chi connectivity index (χ0v) is 17.3. The van der Waals surface area contributed by atoms with E-state index in [0.29, 0.717) is 43.9 Å². The van der Waals surface area contributed by atoms with Crippen molar-refractivity contribution in [1.29, 1.82) is 0 Å². The van der Waals surface area contributed by atoms with Crippen LogP contribution in [0.25, 0.3) is 0 Å². The molecule has 1 atom stereocenters. The van der Waals surface area contributed by atoms with Crippen molar-refractivity contribution >= 4 is 34.5 Å². The van der Waals surface area contributed by atoms with E-state index >= 15 is 0 Å². The number of amides is 1. The van der Waals surface area contributed by atoms with Crippen molar-refractivity contribution in [1.82, 2.24) is 10.2 Å². The van der Waals surface area contributed by atoms with Gasteiger partial charge in [-0.05, 0) is 19.1 Å². The van der Waals surface area contributed by atoms with Crippen molar-refractivity contribution in [2.75, 3.05) is 37.4 Å². The van der Waals surface area contributed by atoms with Crippen LogP contribution in [0, 0.1) is 5.92 Å². The van der Waals surface area contributed by atoms with Crippen LogP contribution in [-0.2, 0) is 4.79 Å². The van der Waals surface area contributed by atoms with Crippen molar-refractivity contribution in [3.05, 3.63) is 23.5 Å². The summed E-state index contributed by atoms with van der Waals surface area (Å²) in [5.41, 5.74) is -0.667. The minimum atomic E-state index is -4.47. The van der Waals surface area contributed by atoms with Gasteiger partial charge in [-0.3, -0.25) is 9.79 Å². The summed E-state index contributed by atoms with van der Waals surface area (Å²) in [5.74, 6) is 1.97. The summed E-state index contributed by atoms with van der Waals surface area (Å²) in [6.07, 6.45) is 1.54. The first-order valence-electron chi connectivity index (χ1n) is 9.02. The molecule has 2 rings (SSSR count). The van der Waals surface area contributed by atoms with Gasteiger partial charge in [-0.15, -0.1) is 11.8 Å². The maximum atomic E-state index is 13.4. The van der Waals surface area contributed by atoms with E-state index in [2.05, 4.69) is 10.3 Å². The van der Waals surface area contributed by atoms with Gasteiger partial charge in [0, 0.05) is 55.4 Å². The van der Waals surface area contributed by atoms with Gasteiger partial charge in [0.15, 0.2) is 0 Å². The first-order valence-corrected chi connectivity index (χ1v) is 11.4. The smallest absolute Gasteiger partial charge is 0.385 e. The van der Waals surface area contributed by atoms with E-state index in [1.54, 1.807) is 17.8 Å². The molecular weight excluding hydrogens is 395 g/mol. The highest BCUT2D eigenvalue weighted by Crippen LogP contribution is 2.32. The van der Waals surface area contributed by atoms with Crippen LogP contribution >= 0.6 is 23.5 Å². The summed E-state index contributed by atoms with van der Waals surface area (Å²) in [5, 5.41) is 3.62. The number of thioether (sulfide) groups is 2. The Kier molecular flexibility index (Phi) is 8.60. The molecule has 2 heterocycles. The number of carbonyl (C=O) groups excluding carboxylic acids is 1. The van der Waals surface area contributed by atoms with Crippen LogP contribution in [0.2, 0.25) is 0 Å². The van der Waals surface area contributed by atoms with Gasteiger partial charge >= 0.3 is 6.18 Å². The van der Waals surface area contributed by atoms with E-state index in [9.17, 15) is 18.0 Å². The number of hydrogen-bond acceptors (Lipinski definition) is 5. The quantitative estimate of drug-likeness (QED) is 0.680. The summed E-state index contributed by atoms with van der Waals surface area (Å²) in [4.78, 5) is 17.9. The number of nitrogens with zero attached hydrogens (tertiary/aromatic N) is 2. The van der Waals surface area contributed by atoms with E-state index in [1.165, 1.54) is 11.8 Å². The lowest BCUT2D eigenvalue weighted by molar-refractivity contribution is -0.130. The summed E-state index contributed by atoms with van der Waals surface area (Å²) < 4.78 is 40.3. The third-order valence-electron chi connectivity index (χ3n) is 4.46. The van der Waals surface area contributed by atoms with Crippen molar-refractivity contribution < 1.29 is 18.0 Å². The van der Waals surface area contributed by atoms with Crippen LogP contribution in [0.3, 0.4) is 0 Å². The lowest BCUT2D eigenvalue weighted by Gasteiger charge is -2.22. The summed E-state index contributed by atoms with van der Waals surface area (Å²) >= 11 is 3.14. The monoisotopic (exact) mass is 421 g/mol. The fraction of sp³-hybridized carbons (Fsp3) is 0.667. The molecule has 0 aromatic carbocycles. The standard InChI is InChI=1S/C18H26F3N3OS2/c1-13-4-5-15(14(18(19,20)21)12-23-17(13)26-2)22-7-3-8-24-9-11-27-10-6-16(24)25/h5,12-13,22H,3-4,6-11H2,1-2H3/b14-12+,15-5-,23-17?. The average Bonchev–Trinajstić information content (AvgIpc) is 2.80. The van der Waals surface area contributed by atoms with E-state index in [1.807, 2.05) is 18.1 Å². The number of halogens is 3. The molecule has 0 radical (unpaired) electrons. The van der Waals surface area contributed by atoms with Crippen LogP contribution in [0.4, 0.5) is 13.2 Å². The fourth-order valence-electron chi connectivity index (χ4n) is 2.93. The molecule has 27 heavy (non-hydrogen) atoms. The molecule has 1 saturated heterocycles. The number of hydrogen-bond donors (Lipinski definition) is 1. The van der Waals surface area contributed by atoms with Crippen LogP contribution in [0.5, 0.6) is 0 Å². The fourth-order valence-corrected chi connectivity index (χ4v) is 4.46. The first-order chi connectivity index (χ1) is 12.8. The molecule has 0 aliphatic carbocycles. The number of alkyl halides is 3. The van der Waals surface area contributed by atoms with E-state index < -0.39 is 11.7 Å². The second-order valence-electron chi connectivity index (χ2n) is 6.49. The Labute approximate surface area is 167 Å². The Morgan fingerprint density at radius 3 is 2.89 bits per heavy atom. The second-order valence-corrected chi connectivity index (χ2v) is 8.54. The van der Waals surface area contributed by atoms with Crippen LogP contribution in [0.15, 0.2) is 28.5 Å². The first kappa shape index (κ1) is 22.2. The lowest BCUT2D eigenvalue weighted by atomic mass is 10.0. The highest BCUT2D eigenvalue weighted by atomic mass is 32.2. The molecule has 152 valence electrons. The number of nitrogens with one attached hydrogen (secondary N) is 1. The molecule has 2 aliphatic heterocycles. The van der Waals surface area contributed by atoms with Crippen molar-refractivity contribution in [2.45, 2.75) is 32.4 Å². The maximum absolute atomic E-state index is 13.4. The number of rotatable bonds is 5. The van der Waals surface area contributed by atoms with E-state index in [4.69, 9.17) is 0 Å². The Morgan fingerprint density at radius 2 is 2.19 bits per heavy atom. The molecule has 0 aromatic heterocycles. The SMILES string of the molecule is CSC1=N/C=C(C(F)(F)F)\C(NCCCN2CCSCCC2=O)=C\CC1C. The van der Waals surface area contributed by atoms with Crippen molar-refractivity contribution in [2.24, 2.45) is 10.9 Å². The molecule has 1 fully saturated rings. The van der Waals surface area contributed by atoms with Gasteiger partial charge in [0.2, 0.25) is 5.91 Å². The van der Waals surface area contributed by atoms with Gasteiger partial charge in [0.1, 0.15) is 0 Å². The van der Waals surface area contributed by atoms with Gasteiger partial charge in [0.25, 0.3) is 0 Å². The number of allylic oxidation sites excluding steroid dienone is 2. The molecule has 0 saturated carbocycles. The third kappa shape index (κ3) is 6.78. The van der Waals surface area contributed by atoms with Gasteiger partial charge in [-0.2, -0.15) is 24.9 Å². The molecule has 0 aromatic rings. The minimum Gasteiger partial charge on any atom is -0.385 e. The lowest BCUT2D eigenvalue weighted by Crippen LogP contribution is -2.34. The molecule has 0 spiro atoms. The van der Waals surface area contributed by atoms with Crippen LogP contribution in [-0.4, -0.2) is 59.4 Å². The predicted octanol–water partition coefficient (Wildman–Crippen LogP) is 4.06. The largest absolute Gasteiger partial charge is 0.419 e. The molecule has 2 aliphatic rings. The predicted molar refractivity (Wildman–Crippen MR) is 108 cm³/mol. The van der Waals surface area contributed by atoms with Crippen molar-refractivity contribution in [3.8, 4) is 0 Å². The minimum absolute atomic E-state index is 0.0788. The highest BCUT2D eigenvalue weighted by Gasteiger charge is 2.36. The molecular formula is C18H26F3N3OS2. The Morgan fingerprint density at radius 1 is 1.41 bits per heavy atom. The second kappa shape index (κ2) is 10.5. The van der Waals surface area contributed by atoms with Gasteiger partial charge in [-0.1, -0.05) is 13.0 Å². The highest BCUT2D eigenvalue weighted by molar-refractivity contribution is 8.13. The number of aliphatic imine (C=N–C) groups is 1. The zero-order valence-electron chi connectivity index (χ0n) is 15.6.